The van der Waals surface area contributed by atoms with Gasteiger partial charge in [-0.1, -0.05) is 0 Å². The first kappa shape index (κ1) is 17.5. The van der Waals surface area contributed by atoms with Crippen molar-refractivity contribution in [3.05, 3.63) is 54.2 Å². The number of aromatic nitrogens is 3. The van der Waals surface area contributed by atoms with Crippen molar-refractivity contribution in [2.24, 2.45) is 0 Å². The number of hydrogen-bond acceptors (Lipinski definition) is 5. The number of methoxy groups -OCH3 is 1. The summed E-state index contributed by atoms with van der Waals surface area (Å²) in [5.74, 6) is 1.58. The maximum absolute atomic E-state index is 12.5. The Morgan fingerprint density at radius 2 is 1.93 bits per heavy atom. The predicted octanol–water partition coefficient (Wildman–Crippen LogP) is 4.10. The lowest BCUT2D eigenvalue weighted by Crippen LogP contribution is -2.27. The molecule has 0 saturated carbocycles. The van der Waals surface area contributed by atoms with Gasteiger partial charge in [-0.15, -0.1) is 0 Å². The highest BCUT2D eigenvalue weighted by atomic mass is 16.5. The average molecular weight is 387 g/mol. The second-order valence-electron chi connectivity index (χ2n) is 7.20. The standard InChI is InChI=1S/C22H21N5O2/c1-29-16-8-9-18-17(12-16)20-19(13-23-18)25-26-21(20)24-15-6-4-14(5-7-15)22(28)27-10-2-3-11-27/h4-9,12-13H,2-3,10-11H2,1H3,(H2,24,25,26). The van der Waals surface area contributed by atoms with Gasteiger partial charge in [-0.3, -0.25) is 14.9 Å². The zero-order valence-corrected chi connectivity index (χ0v) is 16.1. The van der Waals surface area contributed by atoms with Crippen LogP contribution in [-0.4, -0.2) is 46.2 Å². The number of likely N-dealkylation sites (tertiary alicyclic amines) is 1. The largest absolute Gasteiger partial charge is 0.497 e. The highest BCUT2D eigenvalue weighted by molar-refractivity contribution is 6.10. The fourth-order valence-electron chi connectivity index (χ4n) is 3.84. The Labute approximate surface area is 167 Å². The van der Waals surface area contributed by atoms with Crippen molar-refractivity contribution in [2.75, 3.05) is 25.5 Å². The molecule has 3 heterocycles. The molecule has 1 amide bonds. The summed E-state index contributed by atoms with van der Waals surface area (Å²) in [6.07, 6.45) is 3.95. The molecular formula is C22H21N5O2. The highest BCUT2D eigenvalue weighted by Crippen LogP contribution is 2.32. The minimum absolute atomic E-state index is 0.100. The number of amides is 1. The molecule has 1 aliphatic heterocycles. The molecule has 7 nitrogen and oxygen atoms in total. The lowest BCUT2D eigenvalue weighted by molar-refractivity contribution is 0.0793. The number of pyridine rings is 1. The van der Waals surface area contributed by atoms with E-state index in [0.717, 1.165) is 59.2 Å². The van der Waals surface area contributed by atoms with Gasteiger partial charge in [0.15, 0.2) is 5.82 Å². The van der Waals surface area contributed by atoms with Crippen molar-refractivity contribution < 1.29 is 9.53 Å². The molecule has 0 spiro atoms. The van der Waals surface area contributed by atoms with Crippen LogP contribution in [0.3, 0.4) is 0 Å². The zero-order valence-electron chi connectivity index (χ0n) is 16.1. The molecule has 1 aliphatic rings. The normalized spacial score (nSPS) is 13.9. The molecule has 4 aromatic rings. The van der Waals surface area contributed by atoms with Gasteiger partial charge in [0, 0.05) is 29.7 Å². The number of hydrogen-bond donors (Lipinski definition) is 2. The van der Waals surface area contributed by atoms with E-state index in [9.17, 15) is 4.79 Å². The number of aromatic amines is 1. The SMILES string of the molecule is COc1ccc2ncc3[nH]nc(Nc4ccc(C(=O)N5CCCC5)cc4)c3c2c1. The summed E-state index contributed by atoms with van der Waals surface area (Å²) >= 11 is 0. The molecule has 5 rings (SSSR count). The van der Waals surface area contributed by atoms with Gasteiger partial charge in [0.1, 0.15) is 5.75 Å². The van der Waals surface area contributed by atoms with E-state index in [-0.39, 0.29) is 5.91 Å². The number of nitrogens with one attached hydrogen (secondary N) is 2. The van der Waals surface area contributed by atoms with E-state index >= 15 is 0 Å². The summed E-state index contributed by atoms with van der Waals surface area (Å²) in [6.45, 7) is 1.70. The maximum Gasteiger partial charge on any atom is 0.253 e. The fourth-order valence-corrected chi connectivity index (χ4v) is 3.84. The number of nitrogens with zero attached hydrogens (tertiary/aromatic N) is 3. The van der Waals surface area contributed by atoms with Crippen molar-refractivity contribution >= 4 is 39.2 Å². The number of carbonyl (C=O) groups is 1. The number of rotatable bonds is 4. The molecule has 2 aromatic carbocycles. The van der Waals surface area contributed by atoms with Crippen LogP contribution in [0, 0.1) is 0 Å². The molecule has 0 unspecified atom stereocenters. The number of ether oxygens (including phenoxy) is 1. The second kappa shape index (κ2) is 7.09. The fraction of sp³-hybridized carbons (Fsp3) is 0.227. The monoisotopic (exact) mass is 387 g/mol. The number of benzene rings is 2. The van der Waals surface area contributed by atoms with E-state index in [0.29, 0.717) is 11.4 Å². The van der Waals surface area contributed by atoms with Crippen LogP contribution in [0.25, 0.3) is 21.8 Å². The summed E-state index contributed by atoms with van der Waals surface area (Å²) in [5, 5.41) is 12.7. The first-order chi connectivity index (χ1) is 14.2. The lowest BCUT2D eigenvalue weighted by atomic mass is 10.1. The number of carbonyl (C=O) groups excluding carboxylic acids is 1. The molecule has 0 atom stereocenters. The van der Waals surface area contributed by atoms with Crippen LogP contribution in [0.15, 0.2) is 48.7 Å². The second-order valence-corrected chi connectivity index (χ2v) is 7.20. The molecule has 0 bridgehead atoms. The van der Waals surface area contributed by atoms with Gasteiger partial charge >= 0.3 is 0 Å². The van der Waals surface area contributed by atoms with E-state index in [2.05, 4.69) is 20.5 Å². The van der Waals surface area contributed by atoms with E-state index < -0.39 is 0 Å². The third-order valence-electron chi connectivity index (χ3n) is 5.39. The van der Waals surface area contributed by atoms with Crippen LogP contribution in [0.2, 0.25) is 0 Å². The Morgan fingerprint density at radius 1 is 1.14 bits per heavy atom. The Bertz CT molecular complexity index is 1190. The molecule has 1 saturated heterocycles. The topological polar surface area (TPSA) is 83.1 Å². The van der Waals surface area contributed by atoms with Crippen molar-refractivity contribution in [2.45, 2.75) is 12.8 Å². The van der Waals surface area contributed by atoms with Gasteiger partial charge in [0.2, 0.25) is 0 Å². The Balaban J connectivity index is 1.47. The first-order valence-electron chi connectivity index (χ1n) is 9.70. The van der Waals surface area contributed by atoms with Gasteiger partial charge in [-0.25, -0.2) is 0 Å². The summed E-state index contributed by atoms with van der Waals surface area (Å²) in [5.41, 5.74) is 3.29. The van der Waals surface area contributed by atoms with Crippen molar-refractivity contribution in [3.8, 4) is 5.75 Å². The van der Waals surface area contributed by atoms with Crippen LogP contribution < -0.4 is 10.1 Å². The molecular weight excluding hydrogens is 366 g/mol. The van der Waals surface area contributed by atoms with E-state index in [4.69, 9.17) is 4.74 Å². The summed E-state index contributed by atoms with van der Waals surface area (Å²) in [4.78, 5) is 18.9. The van der Waals surface area contributed by atoms with Crippen molar-refractivity contribution in [1.82, 2.24) is 20.1 Å². The van der Waals surface area contributed by atoms with Gasteiger partial charge in [0.05, 0.1) is 29.7 Å². The minimum atomic E-state index is 0.100. The number of anilines is 2. The molecule has 1 fully saturated rings. The van der Waals surface area contributed by atoms with Gasteiger partial charge in [0.25, 0.3) is 5.91 Å². The zero-order chi connectivity index (χ0) is 19.8. The predicted molar refractivity (Wildman–Crippen MR) is 113 cm³/mol. The van der Waals surface area contributed by atoms with Gasteiger partial charge < -0.3 is 15.0 Å². The van der Waals surface area contributed by atoms with Crippen molar-refractivity contribution in [1.29, 1.82) is 0 Å². The number of H-pyrrole nitrogens is 1. The lowest BCUT2D eigenvalue weighted by Gasteiger charge is -2.15. The van der Waals surface area contributed by atoms with Crippen LogP contribution in [0.4, 0.5) is 11.5 Å². The van der Waals surface area contributed by atoms with Crippen LogP contribution in [0.1, 0.15) is 23.2 Å². The molecule has 2 aromatic heterocycles. The molecule has 7 heteroatoms. The Kier molecular flexibility index (Phi) is 4.27. The average Bonchev–Trinajstić information content (AvgIpc) is 3.44. The van der Waals surface area contributed by atoms with Crippen LogP contribution in [0.5, 0.6) is 5.75 Å². The van der Waals surface area contributed by atoms with E-state index in [1.165, 1.54) is 0 Å². The molecule has 29 heavy (non-hydrogen) atoms. The highest BCUT2D eigenvalue weighted by Gasteiger charge is 2.19. The van der Waals surface area contributed by atoms with E-state index in [1.807, 2.05) is 47.4 Å². The Morgan fingerprint density at radius 3 is 2.69 bits per heavy atom. The summed E-state index contributed by atoms with van der Waals surface area (Å²) in [7, 11) is 1.65. The molecule has 0 radical (unpaired) electrons. The van der Waals surface area contributed by atoms with Gasteiger partial charge in [-0.05, 0) is 55.3 Å². The smallest absolute Gasteiger partial charge is 0.253 e. The maximum atomic E-state index is 12.5. The molecule has 146 valence electrons. The third-order valence-corrected chi connectivity index (χ3v) is 5.39. The van der Waals surface area contributed by atoms with Crippen LogP contribution in [-0.2, 0) is 0 Å². The van der Waals surface area contributed by atoms with Crippen molar-refractivity contribution in [3.63, 3.8) is 0 Å². The Hall–Kier alpha value is -3.61. The summed E-state index contributed by atoms with van der Waals surface area (Å²) < 4.78 is 5.37. The first-order valence-corrected chi connectivity index (χ1v) is 9.70. The summed E-state index contributed by atoms with van der Waals surface area (Å²) in [6, 6.07) is 13.3. The number of fused-ring (bicyclic) bond motifs is 3. The quantitative estimate of drug-likeness (QED) is 0.551. The molecule has 0 aliphatic carbocycles. The van der Waals surface area contributed by atoms with E-state index in [1.54, 1.807) is 13.3 Å². The molecule has 2 N–H and O–H groups in total. The van der Waals surface area contributed by atoms with Crippen LogP contribution >= 0.6 is 0 Å². The third kappa shape index (κ3) is 3.14. The minimum Gasteiger partial charge on any atom is -0.497 e. The van der Waals surface area contributed by atoms with Gasteiger partial charge in [-0.2, -0.15) is 5.10 Å².